The molecule has 152 valence electrons. The molecule has 1 amide bonds. The van der Waals surface area contributed by atoms with Crippen molar-refractivity contribution in [2.24, 2.45) is 12.5 Å². The van der Waals surface area contributed by atoms with Gasteiger partial charge in [0, 0.05) is 39.3 Å². The van der Waals surface area contributed by atoms with Gasteiger partial charge in [-0.3, -0.25) is 14.0 Å². The third-order valence-electron chi connectivity index (χ3n) is 5.67. The molecule has 0 saturated carbocycles. The number of piperidine rings is 1. The van der Waals surface area contributed by atoms with Gasteiger partial charge in [0.25, 0.3) is 0 Å². The summed E-state index contributed by atoms with van der Waals surface area (Å²) < 4.78 is 3.86. The van der Waals surface area contributed by atoms with Gasteiger partial charge in [-0.1, -0.05) is 13.8 Å². The Morgan fingerprint density at radius 3 is 2.86 bits per heavy atom. The van der Waals surface area contributed by atoms with Crippen molar-refractivity contribution in [3.63, 3.8) is 0 Å². The highest BCUT2D eigenvalue weighted by atomic mass is 16.1. The molecule has 4 heterocycles. The van der Waals surface area contributed by atoms with Gasteiger partial charge in [0.15, 0.2) is 5.82 Å². The molecule has 2 aromatic heterocycles. The summed E-state index contributed by atoms with van der Waals surface area (Å²) in [5.41, 5.74) is 1.24. The first-order chi connectivity index (χ1) is 13.4. The Bertz CT molecular complexity index is 839. The molecule has 0 spiro atoms. The van der Waals surface area contributed by atoms with Crippen LogP contribution in [0, 0.1) is 5.41 Å². The van der Waals surface area contributed by atoms with Crippen molar-refractivity contribution < 1.29 is 4.79 Å². The SMILES string of the molecule is Cn1cc(Nc2nnc(C3CCC(=O)N3)n2CCN2CCCC(C)(C)C2)cn1. The smallest absolute Gasteiger partial charge is 0.229 e. The molecule has 0 bridgehead atoms. The predicted octanol–water partition coefficient (Wildman–Crippen LogP) is 1.83. The topological polar surface area (TPSA) is 92.9 Å². The summed E-state index contributed by atoms with van der Waals surface area (Å²) >= 11 is 0. The van der Waals surface area contributed by atoms with Crippen molar-refractivity contribution in [2.45, 2.75) is 52.1 Å². The third-order valence-corrected chi connectivity index (χ3v) is 5.67. The fourth-order valence-corrected chi connectivity index (χ4v) is 4.29. The van der Waals surface area contributed by atoms with E-state index in [2.05, 4.69) is 49.2 Å². The molecule has 0 aliphatic carbocycles. The van der Waals surface area contributed by atoms with Gasteiger partial charge in [-0.15, -0.1) is 10.2 Å². The van der Waals surface area contributed by atoms with E-state index in [-0.39, 0.29) is 11.9 Å². The van der Waals surface area contributed by atoms with Crippen LogP contribution in [0.5, 0.6) is 0 Å². The van der Waals surface area contributed by atoms with Crippen LogP contribution in [0.4, 0.5) is 11.6 Å². The van der Waals surface area contributed by atoms with Gasteiger partial charge < -0.3 is 15.5 Å². The first-order valence-electron chi connectivity index (χ1n) is 10.1. The van der Waals surface area contributed by atoms with Gasteiger partial charge in [-0.2, -0.15) is 5.10 Å². The average Bonchev–Trinajstić information content (AvgIpc) is 3.33. The molecule has 2 N–H and O–H groups in total. The van der Waals surface area contributed by atoms with Gasteiger partial charge >= 0.3 is 0 Å². The third kappa shape index (κ3) is 4.19. The summed E-state index contributed by atoms with van der Waals surface area (Å²) in [6.07, 6.45) is 7.50. The van der Waals surface area contributed by atoms with Crippen molar-refractivity contribution >= 4 is 17.5 Å². The van der Waals surface area contributed by atoms with E-state index in [9.17, 15) is 4.79 Å². The Morgan fingerprint density at radius 2 is 2.18 bits per heavy atom. The zero-order chi connectivity index (χ0) is 19.7. The predicted molar refractivity (Wildman–Crippen MR) is 106 cm³/mol. The minimum Gasteiger partial charge on any atom is -0.346 e. The second kappa shape index (κ2) is 7.54. The summed E-state index contributed by atoms with van der Waals surface area (Å²) in [7, 11) is 1.88. The van der Waals surface area contributed by atoms with Crippen molar-refractivity contribution in [1.82, 2.24) is 34.8 Å². The van der Waals surface area contributed by atoms with Crippen LogP contribution in [0.15, 0.2) is 12.4 Å². The van der Waals surface area contributed by atoms with Gasteiger partial charge in [0.2, 0.25) is 11.9 Å². The lowest BCUT2D eigenvalue weighted by Gasteiger charge is -2.38. The maximum absolute atomic E-state index is 11.7. The van der Waals surface area contributed by atoms with Crippen LogP contribution >= 0.6 is 0 Å². The van der Waals surface area contributed by atoms with Gasteiger partial charge in [-0.25, -0.2) is 0 Å². The molecule has 2 aliphatic heterocycles. The van der Waals surface area contributed by atoms with E-state index in [4.69, 9.17) is 0 Å². The van der Waals surface area contributed by atoms with E-state index < -0.39 is 0 Å². The number of nitrogens with one attached hydrogen (secondary N) is 2. The Hall–Kier alpha value is -2.42. The second-order valence-electron chi connectivity index (χ2n) is 8.76. The zero-order valence-electron chi connectivity index (χ0n) is 17.0. The van der Waals surface area contributed by atoms with E-state index >= 15 is 0 Å². The maximum Gasteiger partial charge on any atom is 0.229 e. The number of aryl methyl sites for hydroxylation is 1. The number of carbonyl (C=O) groups excluding carboxylic acids is 1. The molecule has 2 aliphatic rings. The lowest BCUT2D eigenvalue weighted by molar-refractivity contribution is -0.119. The first-order valence-corrected chi connectivity index (χ1v) is 10.1. The van der Waals surface area contributed by atoms with E-state index in [1.807, 2.05) is 13.2 Å². The van der Waals surface area contributed by atoms with Crippen LogP contribution in [-0.4, -0.2) is 55.0 Å². The maximum atomic E-state index is 11.7. The molecule has 9 heteroatoms. The van der Waals surface area contributed by atoms with Crippen LogP contribution in [0.2, 0.25) is 0 Å². The fourth-order valence-electron chi connectivity index (χ4n) is 4.29. The normalized spacial score (nSPS) is 22.4. The molecule has 0 aromatic carbocycles. The Morgan fingerprint density at radius 1 is 1.32 bits per heavy atom. The Labute approximate surface area is 165 Å². The number of hydrogen-bond acceptors (Lipinski definition) is 6. The number of nitrogens with zero attached hydrogens (tertiary/aromatic N) is 6. The van der Waals surface area contributed by atoms with Crippen molar-refractivity contribution in [1.29, 1.82) is 0 Å². The molecule has 4 rings (SSSR count). The molecular weight excluding hydrogens is 356 g/mol. The number of carbonyl (C=O) groups is 1. The van der Waals surface area contributed by atoms with Crippen LogP contribution in [0.1, 0.15) is 51.4 Å². The average molecular weight is 387 g/mol. The molecule has 0 radical (unpaired) electrons. The van der Waals surface area contributed by atoms with Crippen molar-refractivity contribution in [3.05, 3.63) is 18.2 Å². The lowest BCUT2D eigenvalue weighted by atomic mass is 9.84. The molecule has 2 saturated heterocycles. The van der Waals surface area contributed by atoms with E-state index in [0.717, 1.165) is 44.1 Å². The second-order valence-corrected chi connectivity index (χ2v) is 8.76. The van der Waals surface area contributed by atoms with Crippen LogP contribution < -0.4 is 10.6 Å². The molecular formula is C19H30N8O. The van der Waals surface area contributed by atoms with E-state index in [0.29, 0.717) is 17.8 Å². The van der Waals surface area contributed by atoms with Gasteiger partial charge in [0.1, 0.15) is 0 Å². The minimum absolute atomic E-state index is 0.0674. The number of hydrogen-bond donors (Lipinski definition) is 2. The molecule has 9 nitrogen and oxygen atoms in total. The van der Waals surface area contributed by atoms with Crippen molar-refractivity contribution in [3.8, 4) is 0 Å². The molecule has 1 unspecified atom stereocenters. The number of amides is 1. The largest absolute Gasteiger partial charge is 0.346 e. The van der Waals surface area contributed by atoms with E-state index in [1.54, 1.807) is 10.9 Å². The zero-order valence-corrected chi connectivity index (χ0v) is 17.0. The number of likely N-dealkylation sites (tertiary alicyclic amines) is 1. The van der Waals surface area contributed by atoms with Crippen LogP contribution in [0.25, 0.3) is 0 Å². The van der Waals surface area contributed by atoms with E-state index in [1.165, 1.54) is 12.8 Å². The number of anilines is 2. The monoisotopic (exact) mass is 386 g/mol. The number of aromatic nitrogens is 5. The number of rotatable bonds is 6. The minimum atomic E-state index is -0.0674. The standard InChI is InChI=1S/C19H30N8O/c1-19(2)7-4-8-26(13-19)9-10-27-17(15-5-6-16(28)22-15)23-24-18(27)21-14-11-20-25(3)12-14/h11-12,15H,4-10,13H2,1-3H3,(H,21,24)(H,22,28). The van der Waals surface area contributed by atoms with Gasteiger partial charge in [0.05, 0.1) is 17.9 Å². The van der Waals surface area contributed by atoms with Crippen LogP contribution in [-0.2, 0) is 18.4 Å². The molecule has 28 heavy (non-hydrogen) atoms. The lowest BCUT2D eigenvalue weighted by Crippen LogP contribution is -2.41. The molecule has 2 aromatic rings. The fraction of sp³-hybridized carbons (Fsp3) is 0.684. The molecule has 1 atom stereocenters. The molecule has 2 fully saturated rings. The highest BCUT2D eigenvalue weighted by Gasteiger charge is 2.30. The van der Waals surface area contributed by atoms with Crippen LogP contribution in [0.3, 0.4) is 0 Å². The van der Waals surface area contributed by atoms with Gasteiger partial charge in [-0.05, 0) is 31.2 Å². The Balaban J connectivity index is 1.53. The summed E-state index contributed by atoms with van der Waals surface area (Å²) in [4.78, 5) is 14.2. The van der Waals surface area contributed by atoms with Crippen molar-refractivity contribution in [2.75, 3.05) is 25.0 Å². The highest BCUT2D eigenvalue weighted by Crippen LogP contribution is 2.29. The first kappa shape index (κ1) is 18.9. The quantitative estimate of drug-likeness (QED) is 0.787. The highest BCUT2D eigenvalue weighted by molar-refractivity contribution is 5.78. The Kier molecular flexibility index (Phi) is 5.09. The summed E-state index contributed by atoms with van der Waals surface area (Å²) in [6.45, 7) is 8.65. The summed E-state index contributed by atoms with van der Waals surface area (Å²) in [5, 5.41) is 19.3. The summed E-state index contributed by atoms with van der Waals surface area (Å²) in [6, 6.07) is -0.0674. The summed E-state index contributed by atoms with van der Waals surface area (Å²) in [5.74, 6) is 1.60.